The van der Waals surface area contributed by atoms with E-state index in [-0.39, 0.29) is 5.75 Å². The Morgan fingerprint density at radius 3 is 2.79 bits per heavy atom. The summed E-state index contributed by atoms with van der Waals surface area (Å²) >= 11 is 5.64. The third-order valence-corrected chi connectivity index (χ3v) is 1.64. The van der Waals surface area contributed by atoms with Crippen molar-refractivity contribution in [3.8, 4) is 5.75 Å². The van der Waals surface area contributed by atoms with Gasteiger partial charge >= 0.3 is 6.61 Å². The van der Waals surface area contributed by atoms with E-state index in [0.29, 0.717) is 10.6 Å². The highest BCUT2D eigenvalue weighted by atomic mass is 35.5. The first-order chi connectivity index (χ1) is 6.63. The number of nitrogens with two attached hydrogens (primary N) is 1. The van der Waals surface area contributed by atoms with Crippen LogP contribution in [-0.2, 0) is 0 Å². The van der Waals surface area contributed by atoms with Crippen LogP contribution < -0.4 is 10.6 Å². The smallest absolute Gasteiger partial charge is 0.387 e. The average Bonchev–Trinajstić information content (AvgIpc) is 2.09. The second-order valence-electron chi connectivity index (χ2n) is 2.34. The lowest BCUT2D eigenvalue weighted by Gasteiger charge is -2.07. The van der Waals surface area contributed by atoms with Gasteiger partial charge in [0.2, 0.25) is 0 Å². The van der Waals surface area contributed by atoms with Crippen molar-refractivity contribution in [3.63, 3.8) is 0 Å². The van der Waals surface area contributed by atoms with E-state index in [0.717, 1.165) is 0 Å². The molecular formula is C8H7ClF2N2O. The number of alkyl halides is 2. The molecule has 0 heterocycles. The molecule has 2 N–H and O–H groups in total. The molecular weight excluding hydrogens is 214 g/mol. The molecule has 0 saturated heterocycles. The largest absolute Gasteiger partial charge is 0.434 e. The van der Waals surface area contributed by atoms with E-state index in [1.165, 1.54) is 24.4 Å². The highest BCUT2D eigenvalue weighted by molar-refractivity contribution is 6.30. The molecule has 1 rings (SSSR count). The van der Waals surface area contributed by atoms with Crippen LogP contribution in [0.3, 0.4) is 0 Å². The third kappa shape index (κ3) is 2.85. The van der Waals surface area contributed by atoms with Crippen LogP contribution in [0, 0.1) is 0 Å². The molecule has 0 saturated carbocycles. The summed E-state index contributed by atoms with van der Waals surface area (Å²) < 4.78 is 28.0. The molecule has 0 aromatic heterocycles. The number of benzene rings is 1. The molecule has 14 heavy (non-hydrogen) atoms. The lowest BCUT2D eigenvalue weighted by molar-refractivity contribution is -0.0499. The minimum Gasteiger partial charge on any atom is -0.434 e. The maximum Gasteiger partial charge on any atom is 0.387 e. The Balaban J connectivity index is 3.01. The number of halogens is 3. The van der Waals surface area contributed by atoms with Crippen molar-refractivity contribution in [3.05, 3.63) is 28.8 Å². The number of hydrogen-bond acceptors (Lipinski definition) is 3. The van der Waals surface area contributed by atoms with Gasteiger partial charge in [-0.15, -0.1) is 0 Å². The predicted octanol–water partition coefficient (Wildman–Crippen LogP) is 2.23. The molecule has 1 aromatic carbocycles. The summed E-state index contributed by atoms with van der Waals surface area (Å²) in [6.45, 7) is -2.89. The zero-order valence-electron chi connectivity index (χ0n) is 6.95. The lowest BCUT2D eigenvalue weighted by Crippen LogP contribution is -2.04. The summed E-state index contributed by atoms with van der Waals surface area (Å²) in [5.41, 5.74) is 0.306. The molecule has 76 valence electrons. The van der Waals surface area contributed by atoms with Gasteiger partial charge in [0.1, 0.15) is 5.75 Å². The van der Waals surface area contributed by atoms with Gasteiger partial charge in [-0.25, -0.2) is 0 Å². The molecule has 6 heteroatoms. The molecule has 0 unspecified atom stereocenters. The second kappa shape index (κ2) is 4.76. The SMILES string of the molecule is NN=Cc1cc(Cl)ccc1OC(F)F. The van der Waals surface area contributed by atoms with Gasteiger partial charge in [-0.05, 0) is 18.2 Å². The lowest BCUT2D eigenvalue weighted by atomic mass is 10.2. The Morgan fingerprint density at radius 1 is 1.50 bits per heavy atom. The van der Waals surface area contributed by atoms with E-state index in [1.807, 2.05) is 0 Å². The van der Waals surface area contributed by atoms with Gasteiger partial charge in [-0.3, -0.25) is 0 Å². The summed E-state index contributed by atoms with van der Waals surface area (Å²) in [6, 6.07) is 4.19. The van der Waals surface area contributed by atoms with Crippen molar-refractivity contribution in [1.29, 1.82) is 0 Å². The van der Waals surface area contributed by atoms with Crippen LogP contribution in [0.5, 0.6) is 5.75 Å². The summed E-state index contributed by atoms with van der Waals surface area (Å²) in [5.74, 6) is 4.88. The predicted molar refractivity (Wildman–Crippen MR) is 49.9 cm³/mol. The van der Waals surface area contributed by atoms with Crippen LogP contribution in [0.2, 0.25) is 5.02 Å². The Bertz CT molecular complexity index is 344. The van der Waals surface area contributed by atoms with E-state index in [9.17, 15) is 8.78 Å². The quantitative estimate of drug-likeness (QED) is 0.482. The van der Waals surface area contributed by atoms with E-state index in [2.05, 4.69) is 9.84 Å². The first-order valence-corrected chi connectivity index (χ1v) is 3.99. The van der Waals surface area contributed by atoms with Gasteiger partial charge in [-0.2, -0.15) is 13.9 Å². The summed E-state index contributed by atoms with van der Waals surface area (Å²) in [6.07, 6.45) is 1.18. The number of hydrazone groups is 1. The monoisotopic (exact) mass is 220 g/mol. The Kier molecular flexibility index (Phi) is 3.64. The molecule has 0 atom stereocenters. The number of ether oxygens (including phenoxy) is 1. The van der Waals surface area contributed by atoms with Gasteiger partial charge < -0.3 is 10.6 Å². The standard InChI is InChI=1S/C8H7ClF2N2O/c9-6-1-2-7(14-8(10)11)5(3-6)4-13-12/h1-4,8H,12H2. The molecule has 0 amide bonds. The normalized spacial score (nSPS) is 11.1. The van der Waals surface area contributed by atoms with Crippen molar-refractivity contribution in [2.24, 2.45) is 10.9 Å². The van der Waals surface area contributed by atoms with E-state index >= 15 is 0 Å². The number of rotatable bonds is 3. The van der Waals surface area contributed by atoms with Crippen LogP contribution in [-0.4, -0.2) is 12.8 Å². The zero-order valence-corrected chi connectivity index (χ0v) is 7.71. The van der Waals surface area contributed by atoms with E-state index in [4.69, 9.17) is 17.4 Å². The average molecular weight is 221 g/mol. The van der Waals surface area contributed by atoms with E-state index in [1.54, 1.807) is 0 Å². The summed E-state index contributed by atoms with van der Waals surface area (Å²) in [7, 11) is 0. The van der Waals surface area contributed by atoms with Crippen LogP contribution in [0.25, 0.3) is 0 Å². The van der Waals surface area contributed by atoms with Gasteiger partial charge in [0.05, 0.1) is 6.21 Å². The van der Waals surface area contributed by atoms with Crippen molar-refractivity contribution in [2.45, 2.75) is 6.61 Å². The van der Waals surface area contributed by atoms with Crippen LogP contribution in [0.15, 0.2) is 23.3 Å². The molecule has 3 nitrogen and oxygen atoms in total. The molecule has 0 aliphatic rings. The molecule has 0 fully saturated rings. The van der Waals surface area contributed by atoms with Crippen molar-refractivity contribution in [1.82, 2.24) is 0 Å². The highest BCUT2D eigenvalue weighted by Gasteiger charge is 2.08. The summed E-state index contributed by atoms with van der Waals surface area (Å²) in [4.78, 5) is 0. The number of nitrogens with zero attached hydrogens (tertiary/aromatic N) is 1. The molecule has 0 spiro atoms. The van der Waals surface area contributed by atoms with Gasteiger partial charge in [0, 0.05) is 10.6 Å². The molecule has 0 aliphatic heterocycles. The maximum absolute atomic E-state index is 11.9. The first kappa shape index (κ1) is 10.7. The fourth-order valence-corrected chi connectivity index (χ4v) is 1.08. The van der Waals surface area contributed by atoms with Crippen molar-refractivity contribution < 1.29 is 13.5 Å². The summed E-state index contributed by atoms with van der Waals surface area (Å²) in [5, 5.41) is 3.60. The Morgan fingerprint density at radius 2 is 2.21 bits per heavy atom. The zero-order chi connectivity index (χ0) is 10.6. The second-order valence-corrected chi connectivity index (χ2v) is 2.78. The van der Waals surface area contributed by atoms with E-state index < -0.39 is 6.61 Å². The van der Waals surface area contributed by atoms with Crippen LogP contribution in [0.1, 0.15) is 5.56 Å². The van der Waals surface area contributed by atoms with Gasteiger partial charge in [0.15, 0.2) is 0 Å². The highest BCUT2D eigenvalue weighted by Crippen LogP contribution is 2.22. The first-order valence-electron chi connectivity index (χ1n) is 3.61. The maximum atomic E-state index is 11.9. The molecule has 1 aromatic rings. The van der Waals surface area contributed by atoms with Gasteiger partial charge in [0.25, 0.3) is 0 Å². The third-order valence-electron chi connectivity index (χ3n) is 1.40. The van der Waals surface area contributed by atoms with Crippen LogP contribution >= 0.6 is 11.6 Å². The van der Waals surface area contributed by atoms with Crippen molar-refractivity contribution in [2.75, 3.05) is 0 Å². The molecule has 0 aliphatic carbocycles. The Labute approximate surface area is 84.1 Å². The molecule has 0 bridgehead atoms. The van der Waals surface area contributed by atoms with Gasteiger partial charge in [-0.1, -0.05) is 11.6 Å². The van der Waals surface area contributed by atoms with Crippen LogP contribution in [0.4, 0.5) is 8.78 Å². The fraction of sp³-hybridized carbons (Fsp3) is 0.125. The fourth-order valence-electron chi connectivity index (χ4n) is 0.904. The minimum atomic E-state index is -2.89. The number of hydrogen-bond donors (Lipinski definition) is 1. The Hall–Kier alpha value is -1.36. The molecule has 0 radical (unpaired) electrons. The van der Waals surface area contributed by atoms with Crippen molar-refractivity contribution >= 4 is 17.8 Å². The minimum absolute atomic E-state index is 0.0152. The topological polar surface area (TPSA) is 47.6 Å².